The van der Waals surface area contributed by atoms with Crippen LogP contribution in [0.2, 0.25) is 0 Å². The summed E-state index contributed by atoms with van der Waals surface area (Å²) in [6.07, 6.45) is 3.44. The Labute approximate surface area is 167 Å². The summed E-state index contributed by atoms with van der Waals surface area (Å²) in [5.41, 5.74) is 2.12. The first-order valence-electron chi connectivity index (χ1n) is 10.3. The minimum Gasteiger partial charge on any atom is -0.383 e. The molecule has 5 nitrogen and oxygen atoms in total. The van der Waals surface area contributed by atoms with Crippen LogP contribution in [0.3, 0.4) is 0 Å². The van der Waals surface area contributed by atoms with Crippen LogP contribution in [0.4, 0.5) is 5.69 Å². The van der Waals surface area contributed by atoms with Crippen molar-refractivity contribution in [1.82, 2.24) is 9.80 Å². The Hall–Kier alpha value is -2.11. The van der Waals surface area contributed by atoms with Gasteiger partial charge in [0.1, 0.15) is 0 Å². The van der Waals surface area contributed by atoms with E-state index in [4.69, 9.17) is 4.74 Å². The van der Waals surface area contributed by atoms with Crippen molar-refractivity contribution in [2.75, 3.05) is 58.9 Å². The van der Waals surface area contributed by atoms with Crippen LogP contribution in [0, 0.1) is 0 Å². The molecule has 0 radical (unpaired) electrons. The predicted octanol–water partition coefficient (Wildman–Crippen LogP) is 3.23. The van der Waals surface area contributed by atoms with Crippen LogP contribution in [-0.2, 0) is 4.74 Å². The number of likely N-dealkylation sites (tertiary alicyclic amines) is 2. The smallest absolute Gasteiger partial charge is 0.254 e. The average molecular weight is 382 g/mol. The summed E-state index contributed by atoms with van der Waals surface area (Å²) < 4.78 is 5.28. The summed E-state index contributed by atoms with van der Waals surface area (Å²) in [7, 11) is 5.84. The van der Waals surface area contributed by atoms with Gasteiger partial charge in [0.05, 0.1) is 6.61 Å². The van der Waals surface area contributed by atoms with Crippen molar-refractivity contribution in [3.05, 3.63) is 42.0 Å². The molecule has 0 N–H and O–H groups in total. The van der Waals surface area contributed by atoms with E-state index < -0.39 is 0 Å². The van der Waals surface area contributed by atoms with Crippen molar-refractivity contribution in [1.29, 1.82) is 0 Å². The molecule has 4 rings (SSSR count). The molecule has 1 amide bonds. The summed E-state index contributed by atoms with van der Waals surface area (Å²) >= 11 is 0. The highest BCUT2D eigenvalue weighted by molar-refractivity contribution is 6.10. The average Bonchev–Trinajstić information content (AvgIpc) is 2.72. The molecule has 1 atom stereocenters. The minimum atomic E-state index is 0.159. The van der Waals surface area contributed by atoms with E-state index in [-0.39, 0.29) is 11.4 Å². The number of benzene rings is 2. The first-order chi connectivity index (χ1) is 13.6. The van der Waals surface area contributed by atoms with Crippen molar-refractivity contribution in [2.45, 2.75) is 24.8 Å². The first-order valence-corrected chi connectivity index (χ1v) is 10.3. The van der Waals surface area contributed by atoms with E-state index in [1.54, 1.807) is 7.11 Å². The molecule has 2 saturated heterocycles. The van der Waals surface area contributed by atoms with E-state index in [2.05, 4.69) is 32.9 Å². The number of anilines is 1. The van der Waals surface area contributed by atoms with Crippen molar-refractivity contribution in [3.63, 3.8) is 0 Å². The third kappa shape index (κ3) is 3.27. The van der Waals surface area contributed by atoms with E-state index in [1.165, 1.54) is 12.8 Å². The van der Waals surface area contributed by atoms with Crippen LogP contribution in [0.15, 0.2) is 36.4 Å². The van der Waals surface area contributed by atoms with Gasteiger partial charge in [-0.15, -0.1) is 0 Å². The van der Waals surface area contributed by atoms with Gasteiger partial charge in [-0.25, -0.2) is 0 Å². The van der Waals surface area contributed by atoms with E-state index in [0.29, 0.717) is 0 Å². The van der Waals surface area contributed by atoms with E-state index in [0.717, 1.165) is 61.2 Å². The van der Waals surface area contributed by atoms with Crippen LogP contribution in [-0.4, -0.2) is 75.2 Å². The number of piperidine rings is 1. The van der Waals surface area contributed by atoms with Crippen LogP contribution in [0.1, 0.15) is 29.6 Å². The van der Waals surface area contributed by atoms with E-state index in [9.17, 15) is 4.79 Å². The van der Waals surface area contributed by atoms with Crippen molar-refractivity contribution < 1.29 is 9.53 Å². The van der Waals surface area contributed by atoms with Crippen LogP contribution in [0.25, 0.3) is 10.8 Å². The second-order valence-electron chi connectivity index (χ2n) is 8.36. The van der Waals surface area contributed by atoms with Crippen molar-refractivity contribution >= 4 is 22.4 Å². The second kappa shape index (κ2) is 7.72. The second-order valence-corrected chi connectivity index (χ2v) is 8.36. The fourth-order valence-electron chi connectivity index (χ4n) is 4.91. The molecule has 1 spiro atoms. The fraction of sp³-hybridized carbons (Fsp3) is 0.522. The molecule has 0 aromatic heterocycles. The molecule has 0 aliphatic carbocycles. The maximum Gasteiger partial charge on any atom is 0.254 e. The number of nitrogens with zero attached hydrogens (tertiary/aromatic N) is 3. The van der Waals surface area contributed by atoms with Crippen molar-refractivity contribution in [3.8, 4) is 0 Å². The van der Waals surface area contributed by atoms with Gasteiger partial charge in [-0.1, -0.05) is 24.3 Å². The molecular formula is C23H31N3O2. The zero-order valence-electron chi connectivity index (χ0n) is 17.3. The van der Waals surface area contributed by atoms with Gasteiger partial charge < -0.3 is 14.5 Å². The lowest BCUT2D eigenvalue weighted by molar-refractivity contribution is -0.0678. The molecule has 28 heavy (non-hydrogen) atoms. The molecule has 2 aromatic carbocycles. The number of carbonyl (C=O) groups is 1. The molecular weight excluding hydrogens is 350 g/mol. The molecule has 2 fully saturated rings. The zero-order valence-corrected chi connectivity index (χ0v) is 17.3. The molecule has 0 bridgehead atoms. The lowest BCUT2D eigenvalue weighted by Crippen LogP contribution is -2.67. The minimum absolute atomic E-state index is 0.159. The van der Waals surface area contributed by atoms with Gasteiger partial charge in [0, 0.05) is 69.6 Å². The number of hydrogen-bond acceptors (Lipinski definition) is 4. The van der Waals surface area contributed by atoms with Gasteiger partial charge in [0.25, 0.3) is 5.91 Å². The number of fused-ring (bicyclic) bond motifs is 1. The van der Waals surface area contributed by atoms with E-state index >= 15 is 0 Å². The molecule has 2 heterocycles. The Balaban J connectivity index is 1.61. The first kappa shape index (κ1) is 19.2. The highest BCUT2D eigenvalue weighted by Crippen LogP contribution is 2.39. The molecule has 5 heteroatoms. The number of rotatable bonds is 5. The molecule has 2 aliphatic heterocycles. The normalized spacial score (nSPS) is 22.5. The number of ether oxygens (including phenoxy) is 1. The third-order valence-electron chi connectivity index (χ3n) is 6.54. The predicted molar refractivity (Wildman–Crippen MR) is 114 cm³/mol. The largest absolute Gasteiger partial charge is 0.383 e. The van der Waals surface area contributed by atoms with Gasteiger partial charge in [0.15, 0.2) is 0 Å². The van der Waals surface area contributed by atoms with Crippen LogP contribution in [0.5, 0.6) is 0 Å². The van der Waals surface area contributed by atoms with Crippen LogP contribution >= 0.6 is 0 Å². The molecule has 150 valence electrons. The number of amides is 1. The van der Waals surface area contributed by atoms with Crippen molar-refractivity contribution in [2.24, 2.45) is 0 Å². The third-order valence-corrected chi connectivity index (χ3v) is 6.54. The lowest BCUT2D eigenvalue weighted by Gasteiger charge is -2.57. The standard InChI is InChI=1S/C23H31N3O2/c1-24(2)21-10-9-20(18-7-4-5-8-19(18)21)22(27)25-13-6-11-23(17-25)12-14-26(23)15-16-28-3/h4-5,7-10H,6,11-17H2,1-3H3/t23-/m0/s1. The highest BCUT2D eigenvalue weighted by atomic mass is 16.5. The van der Waals surface area contributed by atoms with Gasteiger partial charge >= 0.3 is 0 Å². The van der Waals surface area contributed by atoms with Crippen LogP contribution < -0.4 is 4.90 Å². The SMILES string of the molecule is COCCN1CC[C@]12CCCN(C(=O)c1ccc(N(C)C)c3ccccc13)C2. The summed E-state index contributed by atoms with van der Waals surface area (Å²) in [5.74, 6) is 0.166. The summed E-state index contributed by atoms with van der Waals surface area (Å²) in [4.78, 5) is 20.2. The number of hydrogen-bond donors (Lipinski definition) is 0. The van der Waals surface area contributed by atoms with E-state index in [1.807, 2.05) is 32.3 Å². The Bertz CT molecular complexity index is 866. The zero-order chi connectivity index (χ0) is 19.7. The highest BCUT2D eigenvalue weighted by Gasteiger charge is 2.47. The maximum absolute atomic E-state index is 13.5. The lowest BCUT2D eigenvalue weighted by atomic mass is 9.77. The van der Waals surface area contributed by atoms with Gasteiger partial charge in [-0.05, 0) is 36.8 Å². The molecule has 0 unspecified atom stereocenters. The number of methoxy groups -OCH3 is 1. The van der Waals surface area contributed by atoms with Gasteiger partial charge in [0.2, 0.25) is 0 Å². The summed E-state index contributed by atoms with van der Waals surface area (Å²) in [5, 5.41) is 2.18. The van der Waals surface area contributed by atoms with Gasteiger partial charge in [-0.3, -0.25) is 9.69 Å². The Kier molecular flexibility index (Phi) is 5.30. The van der Waals surface area contributed by atoms with Gasteiger partial charge in [-0.2, -0.15) is 0 Å². The molecule has 2 aromatic rings. The fourth-order valence-corrected chi connectivity index (χ4v) is 4.91. The Morgan fingerprint density at radius 1 is 1.11 bits per heavy atom. The number of carbonyl (C=O) groups excluding carboxylic acids is 1. The topological polar surface area (TPSA) is 36.0 Å². The Morgan fingerprint density at radius 2 is 1.89 bits per heavy atom. The summed E-state index contributed by atoms with van der Waals surface area (Å²) in [6.45, 7) is 4.51. The molecule has 0 saturated carbocycles. The molecule has 2 aliphatic rings. The monoisotopic (exact) mass is 381 g/mol. The quantitative estimate of drug-likeness (QED) is 0.797. The maximum atomic E-state index is 13.5. The summed E-state index contributed by atoms with van der Waals surface area (Å²) in [6, 6.07) is 12.3. The Morgan fingerprint density at radius 3 is 2.57 bits per heavy atom.